The minimum atomic E-state index is -1.37. The third-order valence-corrected chi connectivity index (χ3v) is 1.26. The molecular formula is C7H6O3Ru. The van der Waals surface area contributed by atoms with Crippen LogP contribution in [0.5, 0.6) is 0 Å². The normalized spacial score (nSPS) is 14.5. The summed E-state index contributed by atoms with van der Waals surface area (Å²) in [7, 11) is 0. The molecule has 1 aliphatic rings. The molecule has 0 saturated heterocycles. The van der Waals surface area contributed by atoms with Crippen LogP contribution in [0.3, 0.4) is 0 Å². The molecule has 0 radical (unpaired) electrons. The second-order valence-electron chi connectivity index (χ2n) is 1.96. The van der Waals surface area contributed by atoms with Gasteiger partial charge in [0, 0.05) is 19.5 Å². The molecule has 60 valence electrons. The van der Waals surface area contributed by atoms with Crippen molar-refractivity contribution >= 4 is 11.8 Å². The molecule has 11 heavy (non-hydrogen) atoms. The van der Waals surface area contributed by atoms with E-state index < -0.39 is 17.7 Å². The largest absolute Gasteiger partial charge is 0.475 e. The second kappa shape index (κ2) is 4.19. The molecule has 0 bridgehead atoms. The summed E-state index contributed by atoms with van der Waals surface area (Å²) in [4.78, 5) is 20.7. The van der Waals surface area contributed by atoms with Gasteiger partial charge < -0.3 is 5.11 Å². The Balaban J connectivity index is 0.000001000. The summed E-state index contributed by atoms with van der Waals surface area (Å²) in [6.07, 6.45) is 6.42. The van der Waals surface area contributed by atoms with Crippen molar-refractivity contribution in [1.82, 2.24) is 0 Å². The number of hydrogen-bond donors (Lipinski definition) is 1. The smallest absolute Gasteiger partial charge is 0.373 e. The van der Waals surface area contributed by atoms with E-state index in [0.717, 1.165) is 0 Å². The molecule has 1 rings (SSSR count). The molecule has 0 aromatic heterocycles. The van der Waals surface area contributed by atoms with E-state index in [9.17, 15) is 9.59 Å². The Morgan fingerprint density at radius 3 is 2.00 bits per heavy atom. The third kappa shape index (κ3) is 2.39. The minimum Gasteiger partial charge on any atom is -0.475 e. The molecule has 0 fully saturated rings. The number of Topliss-reactive ketones (excluding diaryl/α,β-unsaturated/α-hetero) is 1. The number of aliphatic carboxylic acids is 1. The van der Waals surface area contributed by atoms with Gasteiger partial charge in [-0.15, -0.1) is 0 Å². The summed E-state index contributed by atoms with van der Waals surface area (Å²) in [5, 5.41) is 8.23. The summed E-state index contributed by atoms with van der Waals surface area (Å²) in [5.74, 6) is -2.69. The molecule has 3 nitrogen and oxygen atoms in total. The van der Waals surface area contributed by atoms with E-state index in [0.29, 0.717) is 0 Å². The first kappa shape index (κ1) is 10.2. The number of carbonyl (C=O) groups excluding carboxylic acids is 1. The van der Waals surface area contributed by atoms with Crippen molar-refractivity contribution < 1.29 is 34.2 Å². The van der Waals surface area contributed by atoms with Crippen LogP contribution in [0.25, 0.3) is 0 Å². The molecule has 1 aliphatic carbocycles. The summed E-state index contributed by atoms with van der Waals surface area (Å²) < 4.78 is 0. The van der Waals surface area contributed by atoms with Crippen molar-refractivity contribution in [3.63, 3.8) is 0 Å². The van der Waals surface area contributed by atoms with Crippen LogP contribution in [0.15, 0.2) is 24.3 Å². The Morgan fingerprint density at radius 2 is 1.64 bits per heavy atom. The fourth-order valence-electron chi connectivity index (χ4n) is 0.749. The zero-order chi connectivity index (χ0) is 7.56. The Labute approximate surface area is 76.5 Å². The van der Waals surface area contributed by atoms with Gasteiger partial charge in [-0.05, 0) is 0 Å². The van der Waals surface area contributed by atoms with E-state index in [2.05, 4.69) is 0 Å². The first-order valence-corrected chi connectivity index (χ1v) is 2.84. The van der Waals surface area contributed by atoms with E-state index in [-0.39, 0.29) is 19.5 Å². The van der Waals surface area contributed by atoms with Crippen LogP contribution in [-0.4, -0.2) is 16.9 Å². The number of hydrogen-bond acceptors (Lipinski definition) is 2. The van der Waals surface area contributed by atoms with Crippen LogP contribution in [0.2, 0.25) is 0 Å². The van der Waals surface area contributed by atoms with Gasteiger partial charge in [0.25, 0.3) is 0 Å². The fraction of sp³-hybridized carbons (Fsp3) is 0.143. The van der Waals surface area contributed by atoms with Crippen molar-refractivity contribution in [3.8, 4) is 0 Å². The summed E-state index contributed by atoms with van der Waals surface area (Å²) >= 11 is 0. The van der Waals surface area contributed by atoms with E-state index in [1.807, 2.05) is 0 Å². The predicted octanol–water partition coefficient (Wildman–Crippen LogP) is 0.380. The zero-order valence-corrected chi connectivity index (χ0v) is 7.24. The average Bonchev–Trinajstić information content (AvgIpc) is 2.36. The van der Waals surface area contributed by atoms with Crippen LogP contribution >= 0.6 is 0 Å². The minimum absolute atomic E-state index is 0. The number of ketones is 1. The van der Waals surface area contributed by atoms with Gasteiger partial charge in [0.15, 0.2) is 0 Å². The van der Waals surface area contributed by atoms with Gasteiger partial charge in [-0.3, -0.25) is 4.79 Å². The van der Waals surface area contributed by atoms with E-state index in [4.69, 9.17) is 5.11 Å². The van der Waals surface area contributed by atoms with Crippen molar-refractivity contribution in [3.05, 3.63) is 24.3 Å². The van der Waals surface area contributed by atoms with Gasteiger partial charge >= 0.3 is 5.97 Å². The molecule has 1 N–H and O–H groups in total. The molecule has 0 aromatic rings. The number of rotatable bonds is 2. The van der Waals surface area contributed by atoms with Gasteiger partial charge in [-0.2, -0.15) is 0 Å². The topological polar surface area (TPSA) is 54.4 Å². The maximum absolute atomic E-state index is 10.6. The maximum atomic E-state index is 10.6. The first-order chi connectivity index (χ1) is 4.72. The number of carbonyl (C=O) groups is 2. The number of allylic oxidation sites excluding steroid dienone is 4. The maximum Gasteiger partial charge on any atom is 0.373 e. The molecule has 0 aromatic carbocycles. The van der Waals surface area contributed by atoms with E-state index in [1.54, 1.807) is 24.3 Å². The van der Waals surface area contributed by atoms with Gasteiger partial charge in [-0.1, -0.05) is 24.3 Å². The van der Waals surface area contributed by atoms with Crippen molar-refractivity contribution in [2.45, 2.75) is 0 Å². The molecule has 4 heteroatoms. The molecular weight excluding hydrogens is 233 g/mol. The predicted molar refractivity (Wildman–Crippen MR) is 34.4 cm³/mol. The van der Waals surface area contributed by atoms with Crippen molar-refractivity contribution in [1.29, 1.82) is 0 Å². The molecule has 0 spiro atoms. The van der Waals surface area contributed by atoms with Gasteiger partial charge in [0.2, 0.25) is 5.78 Å². The molecule has 0 atom stereocenters. The molecule has 0 heterocycles. The average molecular weight is 239 g/mol. The molecule has 0 amide bonds. The van der Waals surface area contributed by atoms with Crippen LogP contribution < -0.4 is 0 Å². The SMILES string of the molecule is O=C(O)C(=O)C1C=CC=C1.[Ru]. The molecule has 0 unspecified atom stereocenters. The summed E-state index contributed by atoms with van der Waals surface area (Å²) in [6.45, 7) is 0. The molecule has 0 saturated carbocycles. The monoisotopic (exact) mass is 240 g/mol. The van der Waals surface area contributed by atoms with E-state index >= 15 is 0 Å². The molecule has 0 aliphatic heterocycles. The zero-order valence-electron chi connectivity index (χ0n) is 5.50. The van der Waals surface area contributed by atoms with Crippen molar-refractivity contribution in [2.75, 3.05) is 0 Å². The third-order valence-electron chi connectivity index (χ3n) is 1.26. The Kier molecular flexibility index (Phi) is 3.90. The number of carboxylic acids is 1. The van der Waals surface area contributed by atoms with Crippen molar-refractivity contribution in [2.24, 2.45) is 5.92 Å². The van der Waals surface area contributed by atoms with E-state index in [1.165, 1.54) is 0 Å². The summed E-state index contributed by atoms with van der Waals surface area (Å²) in [6, 6.07) is 0. The second-order valence-corrected chi connectivity index (χ2v) is 1.96. The van der Waals surface area contributed by atoms with Gasteiger partial charge in [0.05, 0.1) is 5.92 Å². The van der Waals surface area contributed by atoms with Crippen LogP contribution in [0.4, 0.5) is 0 Å². The Morgan fingerprint density at radius 1 is 1.18 bits per heavy atom. The standard InChI is InChI=1S/C7H6O3.Ru/c8-6(7(9)10)5-3-1-2-4-5;/h1-5H,(H,9,10);. The van der Waals surface area contributed by atoms with Crippen LogP contribution in [0, 0.1) is 5.92 Å². The quantitative estimate of drug-likeness (QED) is 0.560. The fourth-order valence-corrected chi connectivity index (χ4v) is 0.749. The number of carboxylic acid groups (broad SMARTS) is 1. The first-order valence-electron chi connectivity index (χ1n) is 2.84. The van der Waals surface area contributed by atoms with Gasteiger partial charge in [0.1, 0.15) is 0 Å². The van der Waals surface area contributed by atoms with Crippen LogP contribution in [-0.2, 0) is 29.1 Å². The Bertz CT molecular complexity index is 218. The summed E-state index contributed by atoms with van der Waals surface area (Å²) in [5.41, 5.74) is 0. The van der Waals surface area contributed by atoms with Gasteiger partial charge in [-0.25, -0.2) is 4.79 Å². The van der Waals surface area contributed by atoms with Crippen LogP contribution in [0.1, 0.15) is 0 Å². The Hall–Kier alpha value is -0.757.